The molecule has 0 unspecified atom stereocenters. The van der Waals surface area contributed by atoms with Gasteiger partial charge in [-0.15, -0.1) is 0 Å². The lowest BCUT2D eigenvalue weighted by atomic mass is 10.2. The van der Waals surface area contributed by atoms with Gasteiger partial charge in [0.1, 0.15) is 6.20 Å². The molecule has 13 heteroatoms. The first-order valence-corrected chi connectivity index (χ1v) is 9.36. The van der Waals surface area contributed by atoms with Crippen molar-refractivity contribution in [3.05, 3.63) is 39.0 Å². The number of nitro groups is 1. The zero-order valence-electron chi connectivity index (χ0n) is 13.5. The molecule has 27 heavy (non-hydrogen) atoms. The summed E-state index contributed by atoms with van der Waals surface area (Å²) in [5.41, 5.74) is 1.29. The van der Waals surface area contributed by atoms with Crippen molar-refractivity contribution in [3.8, 4) is 0 Å². The molecule has 140 valence electrons. The second-order valence-corrected chi connectivity index (χ2v) is 7.36. The number of aromatic amines is 1. The Bertz CT molecular complexity index is 1050. The lowest BCUT2D eigenvalue weighted by molar-refractivity contribution is -0.380. The van der Waals surface area contributed by atoms with Gasteiger partial charge in [-0.2, -0.15) is 0 Å². The van der Waals surface area contributed by atoms with Crippen LogP contribution < -0.4 is 5.32 Å². The number of anilines is 1. The maximum atomic E-state index is 12.0. The first-order valence-electron chi connectivity index (χ1n) is 7.18. The molecule has 0 spiro atoms. The minimum atomic E-state index is -0.579. The number of carbonyl (C=O) groups excluding carboxylic acids is 2. The van der Waals surface area contributed by atoms with Crippen LogP contribution in [0.15, 0.2) is 23.5 Å². The zero-order valence-corrected chi connectivity index (χ0v) is 15.9. The van der Waals surface area contributed by atoms with Crippen LogP contribution in [0.1, 0.15) is 10.4 Å². The third-order valence-corrected chi connectivity index (χ3v) is 5.26. The van der Waals surface area contributed by atoms with Crippen LogP contribution in [0.4, 0.5) is 10.1 Å². The third kappa shape index (κ3) is 4.35. The molecule has 1 aromatic carbocycles. The van der Waals surface area contributed by atoms with E-state index in [1.165, 1.54) is 13.2 Å². The Balaban J connectivity index is 1.66. The second-order valence-electron chi connectivity index (χ2n) is 4.98. The summed E-state index contributed by atoms with van der Waals surface area (Å²) in [6.07, 6.45) is 1.08. The van der Waals surface area contributed by atoms with E-state index in [1.54, 1.807) is 6.07 Å². The molecule has 10 nitrogen and oxygen atoms in total. The smallest absolute Gasteiger partial charge is 0.345 e. The van der Waals surface area contributed by atoms with Crippen molar-refractivity contribution < 1.29 is 19.2 Å². The molecule has 0 aliphatic carbocycles. The standard InChI is InChI=1S/C14H10ClN5O5S2/c1-25-12(22)6-2-8-9(3-7(6)15)18-14(17-8)26-5-10(21)19-13-16-4-11(27-13)20(23)24/h2-4H,5H2,1H3,(H,17,18)(H,16,19,21). The number of fused-ring (bicyclic) bond motifs is 1. The molecule has 3 aromatic rings. The highest BCUT2D eigenvalue weighted by Gasteiger charge is 2.16. The first-order chi connectivity index (χ1) is 12.9. The van der Waals surface area contributed by atoms with Gasteiger partial charge in [0.25, 0.3) is 0 Å². The summed E-state index contributed by atoms with van der Waals surface area (Å²) in [7, 11) is 1.25. The number of rotatable bonds is 6. The lowest BCUT2D eigenvalue weighted by Gasteiger charge is -2.01. The monoisotopic (exact) mass is 427 g/mol. The van der Waals surface area contributed by atoms with Crippen LogP contribution in [0, 0.1) is 10.1 Å². The summed E-state index contributed by atoms with van der Waals surface area (Å²) in [5, 5.41) is 13.7. The molecule has 0 aliphatic heterocycles. The number of carbonyl (C=O) groups is 2. The van der Waals surface area contributed by atoms with Crippen LogP contribution in [0.5, 0.6) is 0 Å². The molecule has 2 aromatic heterocycles. The Kier molecular flexibility index (Phi) is 5.58. The number of hydrogen-bond donors (Lipinski definition) is 2. The summed E-state index contributed by atoms with van der Waals surface area (Å²) >= 11 is 7.94. The number of H-pyrrole nitrogens is 1. The number of aromatic nitrogens is 3. The van der Waals surface area contributed by atoms with Crippen LogP contribution in [0.3, 0.4) is 0 Å². The van der Waals surface area contributed by atoms with E-state index in [9.17, 15) is 19.7 Å². The van der Waals surface area contributed by atoms with Crippen molar-refractivity contribution in [2.24, 2.45) is 0 Å². The predicted molar refractivity (Wildman–Crippen MR) is 101 cm³/mol. The minimum absolute atomic E-state index is 0.00475. The Morgan fingerprint density at radius 2 is 2.26 bits per heavy atom. The number of hydrogen-bond acceptors (Lipinski definition) is 9. The van der Waals surface area contributed by atoms with Crippen molar-refractivity contribution in [1.29, 1.82) is 0 Å². The van der Waals surface area contributed by atoms with Gasteiger partial charge in [0.2, 0.25) is 5.91 Å². The summed E-state index contributed by atoms with van der Waals surface area (Å²) < 4.78 is 4.66. The van der Waals surface area contributed by atoms with Gasteiger partial charge in [0, 0.05) is 0 Å². The highest BCUT2D eigenvalue weighted by molar-refractivity contribution is 7.99. The Hall–Kier alpha value is -2.70. The van der Waals surface area contributed by atoms with Crippen LogP contribution in [0.25, 0.3) is 11.0 Å². The molecule has 3 rings (SSSR count). The van der Waals surface area contributed by atoms with E-state index in [1.807, 2.05) is 0 Å². The Morgan fingerprint density at radius 3 is 2.93 bits per heavy atom. The number of esters is 1. The molecule has 0 fully saturated rings. The number of thioether (sulfide) groups is 1. The van der Waals surface area contributed by atoms with Gasteiger partial charge in [0.15, 0.2) is 10.3 Å². The molecule has 0 saturated carbocycles. The van der Waals surface area contributed by atoms with Crippen molar-refractivity contribution in [1.82, 2.24) is 15.0 Å². The number of nitrogens with zero attached hydrogens (tertiary/aromatic N) is 3. The third-order valence-electron chi connectivity index (χ3n) is 3.21. The number of benzene rings is 1. The van der Waals surface area contributed by atoms with Crippen LogP contribution in [-0.4, -0.2) is 44.6 Å². The highest BCUT2D eigenvalue weighted by Crippen LogP contribution is 2.27. The van der Waals surface area contributed by atoms with E-state index < -0.39 is 16.8 Å². The molecular weight excluding hydrogens is 418 g/mol. The van der Waals surface area contributed by atoms with Gasteiger partial charge >= 0.3 is 11.0 Å². The van der Waals surface area contributed by atoms with Crippen LogP contribution >= 0.6 is 34.7 Å². The summed E-state index contributed by atoms with van der Waals surface area (Å²) in [4.78, 5) is 44.7. The highest BCUT2D eigenvalue weighted by atomic mass is 35.5. The van der Waals surface area contributed by atoms with Gasteiger partial charge in [-0.1, -0.05) is 23.4 Å². The molecule has 0 bridgehead atoms. The van der Waals surface area contributed by atoms with Crippen molar-refractivity contribution >= 4 is 67.7 Å². The number of ether oxygens (including phenoxy) is 1. The molecular formula is C14H10ClN5O5S2. The molecule has 0 saturated heterocycles. The fourth-order valence-electron chi connectivity index (χ4n) is 2.04. The lowest BCUT2D eigenvalue weighted by Crippen LogP contribution is -2.13. The van der Waals surface area contributed by atoms with E-state index in [2.05, 4.69) is 25.0 Å². The number of amides is 1. The van der Waals surface area contributed by atoms with Crippen molar-refractivity contribution in [2.75, 3.05) is 18.2 Å². The van der Waals surface area contributed by atoms with Gasteiger partial charge < -0.3 is 15.0 Å². The number of thiazole rings is 1. The van der Waals surface area contributed by atoms with Gasteiger partial charge in [-0.05, 0) is 23.5 Å². The largest absolute Gasteiger partial charge is 0.465 e. The van der Waals surface area contributed by atoms with E-state index >= 15 is 0 Å². The molecule has 0 atom stereocenters. The van der Waals surface area contributed by atoms with Crippen LogP contribution in [-0.2, 0) is 9.53 Å². The maximum absolute atomic E-state index is 12.0. The van der Waals surface area contributed by atoms with E-state index in [0.29, 0.717) is 16.2 Å². The number of halogens is 1. The molecule has 2 N–H and O–H groups in total. The van der Waals surface area contributed by atoms with Gasteiger partial charge in [-0.3, -0.25) is 14.9 Å². The summed E-state index contributed by atoms with van der Waals surface area (Å²) in [5.74, 6) is -0.959. The minimum Gasteiger partial charge on any atom is -0.465 e. The maximum Gasteiger partial charge on any atom is 0.345 e. The van der Waals surface area contributed by atoms with E-state index in [0.717, 1.165) is 29.3 Å². The summed E-state index contributed by atoms with van der Waals surface area (Å²) in [6, 6.07) is 3.05. The normalized spacial score (nSPS) is 10.7. The Morgan fingerprint density at radius 1 is 1.48 bits per heavy atom. The summed E-state index contributed by atoms with van der Waals surface area (Å²) in [6.45, 7) is 0. The number of nitrogens with one attached hydrogen (secondary N) is 2. The molecule has 0 radical (unpaired) electrons. The second kappa shape index (κ2) is 7.90. The fraction of sp³-hybridized carbons (Fsp3) is 0.143. The number of imidazole rings is 1. The first kappa shape index (κ1) is 19.1. The molecule has 1 amide bonds. The fourth-order valence-corrected chi connectivity index (χ4v) is 3.61. The average Bonchev–Trinajstić information content (AvgIpc) is 3.25. The number of methoxy groups -OCH3 is 1. The molecule has 0 aliphatic rings. The SMILES string of the molecule is COC(=O)c1cc2nc(SCC(=O)Nc3ncc([N+](=O)[O-])s3)[nH]c2cc1Cl. The topological polar surface area (TPSA) is 140 Å². The van der Waals surface area contributed by atoms with Gasteiger partial charge in [0.05, 0.1) is 39.4 Å². The zero-order chi connectivity index (χ0) is 19.6. The van der Waals surface area contributed by atoms with Crippen molar-refractivity contribution in [3.63, 3.8) is 0 Å². The quantitative estimate of drug-likeness (QED) is 0.264. The molecule has 2 heterocycles. The van der Waals surface area contributed by atoms with Crippen molar-refractivity contribution in [2.45, 2.75) is 5.16 Å². The average molecular weight is 428 g/mol. The predicted octanol–water partition coefficient (Wildman–Crippen LogP) is 3.10. The van der Waals surface area contributed by atoms with E-state index in [4.69, 9.17) is 11.6 Å². The van der Waals surface area contributed by atoms with Crippen LogP contribution in [0.2, 0.25) is 5.02 Å². The van der Waals surface area contributed by atoms with E-state index in [-0.39, 0.29) is 26.5 Å². The van der Waals surface area contributed by atoms with Gasteiger partial charge in [-0.25, -0.2) is 14.8 Å². The Labute approximate surface area is 164 Å².